The number of nitrogens with zero attached hydrogens (tertiary/aromatic N) is 3. The number of likely N-dealkylation sites (tertiary alicyclic amines) is 1. The van der Waals surface area contributed by atoms with Gasteiger partial charge in [0.1, 0.15) is 0 Å². The zero-order chi connectivity index (χ0) is 20.2. The average Bonchev–Trinajstić information content (AvgIpc) is 3.13. The van der Waals surface area contributed by atoms with E-state index < -0.39 is 0 Å². The number of rotatable bonds is 7. The number of ether oxygens (including phenoxy) is 1. The number of piperidine rings is 1. The normalized spacial score (nSPS) is 28.0. The van der Waals surface area contributed by atoms with E-state index in [2.05, 4.69) is 34.3 Å². The van der Waals surface area contributed by atoms with Gasteiger partial charge in [-0.25, -0.2) is 0 Å². The van der Waals surface area contributed by atoms with Gasteiger partial charge in [0, 0.05) is 37.5 Å². The number of hydrogen-bond donors (Lipinski definition) is 1. The summed E-state index contributed by atoms with van der Waals surface area (Å²) in [6, 6.07) is 7.19. The largest absolute Gasteiger partial charge is 0.378 e. The van der Waals surface area contributed by atoms with Gasteiger partial charge in [-0.05, 0) is 62.0 Å². The Kier molecular flexibility index (Phi) is 6.77. The summed E-state index contributed by atoms with van der Waals surface area (Å²) in [5.41, 5.74) is 2.62. The van der Waals surface area contributed by atoms with E-state index in [1.54, 1.807) is 11.9 Å². The van der Waals surface area contributed by atoms with Crippen molar-refractivity contribution in [2.75, 3.05) is 26.0 Å². The van der Waals surface area contributed by atoms with E-state index in [0.717, 1.165) is 45.4 Å². The third-order valence-electron chi connectivity index (χ3n) is 6.65. The Balaban J connectivity index is 1.29. The second-order valence-corrected chi connectivity index (χ2v) is 9.11. The van der Waals surface area contributed by atoms with Crippen molar-refractivity contribution in [3.63, 3.8) is 0 Å². The standard InChI is InChI=1S/C22H32N4O2S/c1-25-22-8-5-17(11-18(22)12-23-25)16-3-6-20(7-4-16)28-14-19-13-26(15-27)10-9-21(19)24-29-2/h5,8,11-12,15-16,19-21,24H,3-4,6-7,9-10,13-14H2,1-2H3. The van der Waals surface area contributed by atoms with Gasteiger partial charge in [-0.15, -0.1) is 0 Å². The van der Waals surface area contributed by atoms with Gasteiger partial charge in [-0.1, -0.05) is 18.0 Å². The molecule has 29 heavy (non-hydrogen) atoms. The number of carbonyl (C=O) groups excluding carboxylic acids is 1. The van der Waals surface area contributed by atoms with Crippen LogP contribution in [0.4, 0.5) is 0 Å². The highest BCUT2D eigenvalue weighted by Crippen LogP contribution is 2.35. The first-order valence-corrected chi connectivity index (χ1v) is 11.9. The van der Waals surface area contributed by atoms with Crippen LogP contribution in [0.2, 0.25) is 0 Å². The van der Waals surface area contributed by atoms with E-state index in [9.17, 15) is 4.79 Å². The predicted octanol–water partition coefficient (Wildman–Crippen LogP) is 3.33. The molecule has 2 heterocycles. The molecule has 1 saturated heterocycles. The number of aromatic nitrogens is 2. The monoisotopic (exact) mass is 416 g/mol. The minimum absolute atomic E-state index is 0.343. The maximum Gasteiger partial charge on any atom is 0.209 e. The van der Waals surface area contributed by atoms with Crippen LogP contribution in [-0.2, 0) is 16.6 Å². The van der Waals surface area contributed by atoms with Gasteiger partial charge in [0.2, 0.25) is 6.41 Å². The molecule has 1 aliphatic carbocycles. The molecule has 1 saturated carbocycles. The predicted molar refractivity (Wildman–Crippen MR) is 118 cm³/mol. The van der Waals surface area contributed by atoms with Gasteiger partial charge < -0.3 is 9.64 Å². The van der Waals surface area contributed by atoms with E-state index in [-0.39, 0.29) is 0 Å². The minimum Gasteiger partial charge on any atom is -0.378 e. The highest BCUT2D eigenvalue weighted by molar-refractivity contribution is 7.96. The second kappa shape index (κ2) is 9.49. The number of fused-ring (bicyclic) bond motifs is 1. The lowest BCUT2D eigenvalue weighted by molar-refractivity contribution is -0.121. The molecule has 1 aromatic carbocycles. The van der Waals surface area contributed by atoms with Gasteiger partial charge in [0.15, 0.2) is 0 Å². The summed E-state index contributed by atoms with van der Waals surface area (Å²) in [6.45, 7) is 2.37. The van der Waals surface area contributed by atoms with Gasteiger partial charge >= 0.3 is 0 Å². The first kappa shape index (κ1) is 20.7. The number of hydrogen-bond acceptors (Lipinski definition) is 5. The van der Waals surface area contributed by atoms with Gasteiger partial charge in [-0.2, -0.15) is 5.10 Å². The van der Waals surface area contributed by atoms with Gasteiger partial charge in [0.25, 0.3) is 0 Å². The number of carbonyl (C=O) groups is 1. The van der Waals surface area contributed by atoms with Crippen molar-refractivity contribution in [2.45, 2.75) is 50.2 Å². The van der Waals surface area contributed by atoms with Crippen LogP contribution in [0, 0.1) is 5.92 Å². The molecule has 1 aliphatic heterocycles. The Hall–Kier alpha value is -1.57. The first-order valence-electron chi connectivity index (χ1n) is 10.7. The van der Waals surface area contributed by atoms with Crippen molar-refractivity contribution in [1.29, 1.82) is 0 Å². The third-order valence-corrected chi connectivity index (χ3v) is 7.18. The molecule has 0 bridgehead atoms. The molecule has 4 rings (SSSR count). The SMILES string of the molecule is CSNC1CCN(C=O)CC1COC1CCC(c2ccc3c(cnn3C)c2)CC1. The van der Waals surface area contributed by atoms with Crippen molar-refractivity contribution in [1.82, 2.24) is 19.4 Å². The zero-order valence-corrected chi connectivity index (χ0v) is 18.2. The maximum atomic E-state index is 11.2. The van der Waals surface area contributed by atoms with E-state index >= 15 is 0 Å². The van der Waals surface area contributed by atoms with Crippen molar-refractivity contribution < 1.29 is 9.53 Å². The van der Waals surface area contributed by atoms with E-state index in [1.807, 2.05) is 22.8 Å². The molecule has 0 radical (unpaired) electrons. The topological polar surface area (TPSA) is 59.4 Å². The Morgan fingerprint density at radius 3 is 2.86 bits per heavy atom. The molecule has 2 aromatic rings. The number of nitrogens with one attached hydrogen (secondary N) is 1. The summed E-state index contributed by atoms with van der Waals surface area (Å²) in [7, 11) is 1.99. The van der Waals surface area contributed by atoms with Crippen molar-refractivity contribution >= 4 is 29.3 Å². The summed E-state index contributed by atoms with van der Waals surface area (Å²) in [4.78, 5) is 13.1. The minimum atomic E-state index is 0.343. The van der Waals surface area contributed by atoms with Crippen LogP contribution in [0.1, 0.15) is 43.6 Å². The zero-order valence-electron chi connectivity index (χ0n) is 17.4. The molecule has 2 fully saturated rings. The van der Waals surface area contributed by atoms with Crippen LogP contribution < -0.4 is 4.72 Å². The molecule has 2 aliphatic rings. The quantitative estimate of drug-likeness (QED) is 0.554. The molecule has 7 heteroatoms. The number of benzene rings is 1. The fraction of sp³-hybridized carbons (Fsp3) is 0.636. The number of aryl methyl sites for hydroxylation is 1. The molecular formula is C22H32N4O2S. The lowest BCUT2D eigenvalue weighted by Gasteiger charge is -2.38. The number of amides is 1. The van der Waals surface area contributed by atoms with Crippen LogP contribution in [0.5, 0.6) is 0 Å². The highest BCUT2D eigenvalue weighted by atomic mass is 32.2. The van der Waals surface area contributed by atoms with Crippen molar-refractivity contribution in [3.8, 4) is 0 Å². The molecule has 1 amide bonds. The molecule has 158 valence electrons. The van der Waals surface area contributed by atoms with Crippen molar-refractivity contribution in [2.24, 2.45) is 13.0 Å². The van der Waals surface area contributed by atoms with Crippen molar-refractivity contribution in [3.05, 3.63) is 30.0 Å². The molecule has 1 aromatic heterocycles. The molecule has 1 N–H and O–H groups in total. The maximum absolute atomic E-state index is 11.2. The Bertz CT molecular complexity index is 818. The molecule has 2 atom stereocenters. The third kappa shape index (κ3) is 4.78. The summed E-state index contributed by atoms with van der Waals surface area (Å²) in [5.74, 6) is 0.984. The highest BCUT2D eigenvalue weighted by Gasteiger charge is 2.30. The molecule has 0 spiro atoms. The fourth-order valence-corrected chi connectivity index (χ4v) is 5.50. The lowest BCUT2D eigenvalue weighted by Crippen LogP contribution is -2.49. The molecular weight excluding hydrogens is 384 g/mol. The average molecular weight is 417 g/mol. The summed E-state index contributed by atoms with van der Waals surface area (Å²) >= 11 is 1.66. The second-order valence-electron chi connectivity index (χ2n) is 8.47. The van der Waals surface area contributed by atoms with Crippen LogP contribution in [0.3, 0.4) is 0 Å². The lowest BCUT2D eigenvalue weighted by atomic mass is 9.82. The Morgan fingerprint density at radius 1 is 1.28 bits per heavy atom. The van der Waals surface area contributed by atoms with Crippen LogP contribution in [0.15, 0.2) is 24.4 Å². The summed E-state index contributed by atoms with van der Waals surface area (Å²) < 4.78 is 11.8. The summed E-state index contributed by atoms with van der Waals surface area (Å²) in [6.07, 6.45) is 10.9. The Labute approximate surface area is 177 Å². The summed E-state index contributed by atoms with van der Waals surface area (Å²) in [5, 5.41) is 5.59. The first-order chi connectivity index (χ1) is 14.2. The van der Waals surface area contributed by atoms with Gasteiger partial charge in [0.05, 0.1) is 24.4 Å². The van der Waals surface area contributed by atoms with Crippen LogP contribution in [-0.4, -0.2) is 59.2 Å². The molecule has 6 nitrogen and oxygen atoms in total. The molecule has 2 unspecified atom stereocenters. The van der Waals surface area contributed by atoms with E-state index in [1.165, 1.54) is 29.3 Å². The Morgan fingerprint density at radius 2 is 2.10 bits per heavy atom. The van der Waals surface area contributed by atoms with Gasteiger partial charge in [-0.3, -0.25) is 14.2 Å². The van der Waals surface area contributed by atoms with E-state index in [0.29, 0.717) is 24.0 Å². The fourth-order valence-electron chi connectivity index (χ4n) is 4.89. The van der Waals surface area contributed by atoms with Crippen LogP contribution >= 0.6 is 11.9 Å². The van der Waals surface area contributed by atoms with Crippen LogP contribution in [0.25, 0.3) is 10.9 Å². The van der Waals surface area contributed by atoms with E-state index in [4.69, 9.17) is 4.74 Å². The smallest absolute Gasteiger partial charge is 0.209 e.